The minimum absolute atomic E-state index is 0.191. The van der Waals surface area contributed by atoms with Crippen LogP contribution in [-0.4, -0.2) is 67.7 Å². The average Bonchev–Trinajstić information content (AvgIpc) is 2.55. The van der Waals surface area contributed by atoms with Crippen molar-refractivity contribution < 1.29 is 9.53 Å². The van der Waals surface area contributed by atoms with Gasteiger partial charge in [-0.1, -0.05) is 0 Å². The van der Waals surface area contributed by atoms with Crippen molar-refractivity contribution in [1.82, 2.24) is 9.80 Å². The number of rotatable bonds is 5. The summed E-state index contributed by atoms with van der Waals surface area (Å²) in [6, 6.07) is 0. The molecule has 0 atom stereocenters. The molecule has 0 aromatic rings. The molecule has 0 radical (unpaired) electrons. The summed E-state index contributed by atoms with van der Waals surface area (Å²) in [5.74, 6) is 0.191. The van der Waals surface area contributed by atoms with Crippen molar-refractivity contribution in [2.75, 3.05) is 46.4 Å². The lowest BCUT2D eigenvalue weighted by molar-refractivity contribution is -0.136. The van der Waals surface area contributed by atoms with Gasteiger partial charge in [0.1, 0.15) is 0 Å². The topological polar surface area (TPSA) is 58.8 Å². The molecule has 0 saturated carbocycles. The molecule has 5 nitrogen and oxygen atoms in total. The van der Waals surface area contributed by atoms with E-state index in [0.29, 0.717) is 13.0 Å². The van der Waals surface area contributed by atoms with Crippen LogP contribution in [0.2, 0.25) is 0 Å². The van der Waals surface area contributed by atoms with E-state index in [1.165, 1.54) is 0 Å². The minimum Gasteiger partial charge on any atom is -0.378 e. The first-order valence-corrected chi connectivity index (χ1v) is 6.74. The molecule has 106 valence electrons. The Hall–Kier alpha value is -0.650. The van der Waals surface area contributed by atoms with Gasteiger partial charge in [0.15, 0.2) is 0 Å². The predicted octanol–water partition coefficient (Wildman–Crippen LogP) is 0.295. The van der Waals surface area contributed by atoms with Crippen LogP contribution in [0.1, 0.15) is 26.7 Å². The normalized spacial score (nSPS) is 18.8. The largest absolute Gasteiger partial charge is 0.378 e. The second kappa shape index (κ2) is 7.07. The van der Waals surface area contributed by atoms with Gasteiger partial charge in [-0.25, -0.2) is 0 Å². The van der Waals surface area contributed by atoms with Crippen molar-refractivity contribution in [2.24, 2.45) is 5.73 Å². The van der Waals surface area contributed by atoms with Crippen LogP contribution in [0.5, 0.6) is 0 Å². The Kier molecular flexibility index (Phi) is 6.05. The van der Waals surface area contributed by atoms with Crippen LogP contribution in [0.25, 0.3) is 0 Å². The summed E-state index contributed by atoms with van der Waals surface area (Å²) in [7, 11) is 1.65. The Morgan fingerprint density at radius 3 is 2.61 bits per heavy atom. The molecule has 0 aromatic carbocycles. The molecular formula is C13H27N3O2. The standard InChI is InChI=1S/C13H27N3O2/c1-13(2,18-3)11-12(17)16-7-4-6-15(8-5-14)9-10-16/h4-11,14H2,1-3H3. The highest BCUT2D eigenvalue weighted by Gasteiger charge is 2.26. The highest BCUT2D eigenvalue weighted by atomic mass is 16.5. The number of nitrogens with two attached hydrogens (primary N) is 1. The summed E-state index contributed by atoms with van der Waals surface area (Å²) in [4.78, 5) is 16.5. The summed E-state index contributed by atoms with van der Waals surface area (Å²) in [6.45, 7) is 9.12. The Balaban J connectivity index is 2.45. The second-order valence-corrected chi connectivity index (χ2v) is 5.51. The number of methoxy groups -OCH3 is 1. The molecule has 1 heterocycles. The molecule has 1 rings (SSSR count). The zero-order valence-corrected chi connectivity index (χ0v) is 11.9. The lowest BCUT2D eigenvalue weighted by atomic mass is 10.0. The van der Waals surface area contributed by atoms with Gasteiger partial charge in [-0.15, -0.1) is 0 Å². The SMILES string of the molecule is COC(C)(C)CC(=O)N1CCCN(CCN)CC1. The van der Waals surface area contributed by atoms with Crippen LogP contribution < -0.4 is 5.73 Å². The number of ether oxygens (including phenoxy) is 1. The van der Waals surface area contributed by atoms with Crippen molar-refractivity contribution in [2.45, 2.75) is 32.3 Å². The summed E-state index contributed by atoms with van der Waals surface area (Å²) >= 11 is 0. The van der Waals surface area contributed by atoms with Gasteiger partial charge in [0, 0.05) is 39.8 Å². The first-order valence-electron chi connectivity index (χ1n) is 6.74. The fourth-order valence-corrected chi connectivity index (χ4v) is 2.17. The first kappa shape index (κ1) is 15.4. The third kappa shape index (κ3) is 4.92. The van der Waals surface area contributed by atoms with Crippen LogP contribution in [-0.2, 0) is 9.53 Å². The number of amides is 1. The molecule has 1 fully saturated rings. The van der Waals surface area contributed by atoms with E-state index in [-0.39, 0.29) is 11.5 Å². The molecule has 0 bridgehead atoms. The van der Waals surface area contributed by atoms with Crippen molar-refractivity contribution in [3.05, 3.63) is 0 Å². The Bertz CT molecular complexity index is 269. The number of hydrogen-bond donors (Lipinski definition) is 1. The summed E-state index contributed by atoms with van der Waals surface area (Å²) in [5, 5.41) is 0. The second-order valence-electron chi connectivity index (χ2n) is 5.51. The van der Waals surface area contributed by atoms with Crippen LogP contribution in [0.3, 0.4) is 0 Å². The molecule has 0 spiro atoms. The van der Waals surface area contributed by atoms with Crippen molar-refractivity contribution in [3.8, 4) is 0 Å². The van der Waals surface area contributed by atoms with Gasteiger partial charge in [-0.05, 0) is 26.8 Å². The fraction of sp³-hybridized carbons (Fsp3) is 0.923. The van der Waals surface area contributed by atoms with E-state index in [9.17, 15) is 4.79 Å². The average molecular weight is 257 g/mol. The number of nitrogens with zero attached hydrogens (tertiary/aromatic N) is 2. The molecule has 1 aliphatic heterocycles. The third-order valence-corrected chi connectivity index (χ3v) is 3.52. The lowest BCUT2D eigenvalue weighted by Crippen LogP contribution is -2.40. The van der Waals surface area contributed by atoms with E-state index >= 15 is 0 Å². The van der Waals surface area contributed by atoms with Gasteiger partial charge in [0.2, 0.25) is 5.91 Å². The molecule has 1 saturated heterocycles. The predicted molar refractivity (Wildman–Crippen MR) is 72.4 cm³/mol. The van der Waals surface area contributed by atoms with E-state index in [2.05, 4.69) is 4.90 Å². The molecule has 18 heavy (non-hydrogen) atoms. The Labute approximate surface area is 110 Å². The van der Waals surface area contributed by atoms with E-state index in [4.69, 9.17) is 10.5 Å². The van der Waals surface area contributed by atoms with Gasteiger partial charge >= 0.3 is 0 Å². The van der Waals surface area contributed by atoms with Gasteiger partial charge < -0.3 is 20.3 Å². The monoisotopic (exact) mass is 257 g/mol. The fourth-order valence-electron chi connectivity index (χ4n) is 2.17. The van der Waals surface area contributed by atoms with Gasteiger partial charge in [0.05, 0.1) is 12.0 Å². The smallest absolute Gasteiger partial charge is 0.225 e. The van der Waals surface area contributed by atoms with Crippen molar-refractivity contribution in [1.29, 1.82) is 0 Å². The Morgan fingerprint density at radius 1 is 1.28 bits per heavy atom. The van der Waals surface area contributed by atoms with Crippen molar-refractivity contribution in [3.63, 3.8) is 0 Å². The summed E-state index contributed by atoms with van der Waals surface area (Å²) in [6.07, 6.45) is 1.47. The third-order valence-electron chi connectivity index (χ3n) is 3.52. The zero-order chi connectivity index (χ0) is 13.6. The van der Waals surface area contributed by atoms with E-state index in [0.717, 1.165) is 39.1 Å². The van der Waals surface area contributed by atoms with Gasteiger partial charge in [-0.3, -0.25) is 4.79 Å². The number of carbonyl (C=O) groups is 1. The number of hydrogen-bond acceptors (Lipinski definition) is 4. The van der Waals surface area contributed by atoms with Crippen LogP contribution in [0.15, 0.2) is 0 Å². The quantitative estimate of drug-likeness (QED) is 0.769. The lowest BCUT2D eigenvalue weighted by Gasteiger charge is -2.27. The van der Waals surface area contributed by atoms with Crippen LogP contribution in [0, 0.1) is 0 Å². The summed E-state index contributed by atoms with van der Waals surface area (Å²) < 4.78 is 5.32. The van der Waals surface area contributed by atoms with Gasteiger partial charge in [0.25, 0.3) is 0 Å². The molecule has 0 unspecified atom stereocenters. The number of carbonyl (C=O) groups excluding carboxylic acids is 1. The van der Waals surface area contributed by atoms with E-state index < -0.39 is 0 Å². The molecule has 0 aromatic heterocycles. The maximum atomic E-state index is 12.2. The minimum atomic E-state index is -0.375. The molecule has 1 aliphatic rings. The highest BCUT2D eigenvalue weighted by Crippen LogP contribution is 2.15. The highest BCUT2D eigenvalue weighted by molar-refractivity contribution is 5.77. The molecule has 5 heteroatoms. The van der Waals surface area contributed by atoms with Gasteiger partial charge in [-0.2, -0.15) is 0 Å². The molecule has 0 aliphatic carbocycles. The molecule has 2 N–H and O–H groups in total. The first-order chi connectivity index (χ1) is 8.48. The maximum Gasteiger partial charge on any atom is 0.225 e. The summed E-state index contributed by atoms with van der Waals surface area (Å²) in [5.41, 5.74) is 5.19. The zero-order valence-electron chi connectivity index (χ0n) is 11.9. The van der Waals surface area contributed by atoms with Crippen LogP contribution >= 0.6 is 0 Å². The van der Waals surface area contributed by atoms with Crippen LogP contribution in [0.4, 0.5) is 0 Å². The molecule has 1 amide bonds. The maximum absolute atomic E-state index is 12.2. The van der Waals surface area contributed by atoms with Crippen molar-refractivity contribution >= 4 is 5.91 Å². The van der Waals surface area contributed by atoms with E-state index in [1.807, 2.05) is 18.7 Å². The van der Waals surface area contributed by atoms with E-state index in [1.54, 1.807) is 7.11 Å². The Morgan fingerprint density at radius 2 is 2.00 bits per heavy atom. The molecular weight excluding hydrogens is 230 g/mol.